The summed E-state index contributed by atoms with van der Waals surface area (Å²) in [6.45, 7) is 0. The smallest absolute Gasteiger partial charge is 0.227 e. The van der Waals surface area contributed by atoms with Crippen molar-refractivity contribution in [3.8, 4) is 22.6 Å². The number of aromatic nitrogens is 1. The molecule has 5 heteroatoms. The predicted molar refractivity (Wildman–Crippen MR) is 205 cm³/mol. The summed E-state index contributed by atoms with van der Waals surface area (Å²) in [4.78, 5) is 7.56. The van der Waals surface area contributed by atoms with Crippen LogP contribution in [0.3, 0.4) is 0 Å². The van der Waals surface area contributed by atoms with Gasteiger partial charge in [-0.3, -0.25) is 0 Å². The van der Waals surface area contributed by atoms with Crippen LogP contribution in [0.15, 0.2) is 162 Å². The Balaban J connectivity index is 1.32. The van der Waals surface area contributed by atoms with Gasteiger partial charge in [0, 0.05) is 58.5 Å². The normalized spacial score (nSPS) is 11.8. The van der Waals surface area contributed by atoms with E-state index in [2.05, 4.69) is 144 Å². The van der Waals surface area contributed by atoms with E-state index < -0.39 is 0 Å². The van der Waals surface area contributed by atoms with Crippen molar-refractivity contribution in [3.63, 3.8) is 0 Å². The topological polar surface area (TPSA) is 29.3 Å². The lowest BCUT2D eigenvalue weighted by atomic mass is 10.0. The summed E-state index contributed by atoms with van der Waals surface area (Å²) >= 11 is 3.66. The zero-order valence-corrected chi connectivity index (χ0v) is 27.3. The van der Waals surface area contributed by atoms with Crippen LogP contribution in [0.2, 0.25) is 0 Å². The zero-order chi connectivity index (χ0) is 31.6. The molecule has 7 aromatic carbocycles. The van der Waals surface area contributed by atoms with Gasteiger partial charge in [-0.25, -0.2) is 4.98 Å². The SMILES string of the molecule is c1ccc(-c2nc3c(cc(N(c4ccc5sc6ccccc6c5c4)c4ccccc4-c4ccccc4)c4sc5ccccc5c43)o2)cc1. The van der Waals surface area contributed by atoms with Crippen LogP contribution in [0.25, 0.3) is 74.0 Å². The molecular formula is C43H26N2OS2. The highest BCUT2D eigenvalue weighted by atomic mass is 32.1. The highest BCUT2D eigenvalue weighted by molar-refractivity contribution is 7.26. The number of anilines is 3. The van der Waals surface area contributed by atoms with Gasteiger partial charge in [0.15, 0.2) is 5.58 Å². The summed E-state index contributed by atoms with van der Waals surface area (Å²) in [6, 6.07) is 56.0. The number of oxazole rings is 1. The molecule has 3 heterocycles. The Labute approximate surface area is 284 Å². The van der Waals surface area contributed by atoms with Crippen molar-refractivity contribution in [2.75, 3.05) is 4.90 Å². The average Bonchev–Trinajstić information content (AvgIpc) is 3.86. The molecule has 0 saturated carbocycles. The average molecular weight is 651 g/mol. The highest BCUT2D eigenvalue weighted by Crippen LogP contribution is 2.50. The standard InChI is InChI=1S/C43H26N2OS2/c1-3-13-27(14-4-1)30-17-7-10-20-34(30)45(29-23-24-39-33(25-29)31-18-8-11-21-37(31)47-39)35-26-36-41(44-43(46-36)28-15-5-2-6-16-28)40-32-19-9-12-22-38(32)48-42(35)40/h1-26H. The summed E-state index contributed by atoms with van der Waals surface area (Å²) < 4.78 is 11.6. The number of fused-ring (bicyclic) bond motifs is 8. The third kappa shape index (κ3) is 4.29. The molecule has 0 bridgehead atoms. The largest absolute Gasteiger partial charge is 0.436 e. The Hall–Kier alpha value is -5.75. The fraction of sp³-hybridized carbons (Fsp3) is 0. The van der Waals surface area contributed by atoms with Crippen LogP contribution < -0.4 is 4.90 Å². The minimum absolute atomic E-state index is 0.627. The first-order valence-corrected chi connectivity index (χ1v) is 17.6. The Bertz CT molecular complexity index is 2790. The van der Waals surface area contributed by atoms with Gasteiger partial charge in [-0.05, 0) is 54.1 Å². The molecule has 0 N–H and O–H groups in total. The fourth-order valence-electron chi connectivity index (χ4n) is 6.92. The summed E-state index contributed by atoms with van der Waals surface area (Å²) in [6.07, 6.45) is 0. The van der Waals surface area contributed by atoms with Crippen LogP contribution in [0.1, 0.15) is 0 Å². The number of hydrogen-bond acceptors (Lipinski definition) is 5. The molecule has 0 spiro atoms. The second-order valence-corrected chi connectivity index (χ2v) is 14.1. The number of benzene rings is 7. The minimum atomic E-state index is 0.627. The first-order valence-electron chi connectivity index (χ1n) is 16.0. The number of hydrogen-bond donors (Lipinski definition) is 0. The molecule has 0 amide bonds. The van der Waals surface area contributed by atoms with E-state index in [9.17, 15) is 0 Å². The molecule has 226 valence electrons. The van der Waals surface area contributed by atoms with Gasteiger partial charge < -0.3 is 9.32 Å². The van der Waals surface area contributed by atoms with Gasteiger partial charge >= 0.3 is 0 Å². The number of para-hydroxylation sites is 1. The molecule has 3 aromatic heterocycles. The van der Waals surface area contributed by atoms with Gasteiger partial charge in [0.1, 0.15) is 5.52 Å². The monoisotopic (exact) mass is 650 g/mol. The Morgan fingerprint density at radius 2 is 1.15 bits per heavy atom. The van der Waals surface area contributed by atoms with E-state index in [0.29, 0.717) is 5.89 Å². The lowest BCUT2D eigenvalue weighted by molar-refractivity contribution is 0.620. The maximum atomic E-state index is 6.64. The maximum absolute atomic E-state index is 6.64. The molecule has 0 fully saturated rings. The predicted octanol–water partition coefficient (Wildman–Crippen LogP) is 13.4. The quantitative estimate of drug-likeness (QED) is 0.186. The van der Waals surface area contributed by atoms with Gasteiger partial charge in [0.25, 0.3) is 0 Å². The maximum Gasteiger partial charge on any atom is 0.227 e. The lowest BCUT2D eigenvalue weighted by Gasteiger charge is -2.28. The molecule has 0 radical (unpaired) electrons. The highest BCUT2D eigenvalue weighted by Gasteiger charge is 2.25. The molecule has 3 nitrogen and oxygen atoms in total. The van der Waals surface area contributed by atoms with Crippen molar-refractivity contribution in [1.29, 1.82) is 0 Å². The third-order valence-electron chi connectivity index (χ3n) is 9.10. The first kappa shape index (κ1) is 27.4. The molecule has 10 aromatic rings. The minimum Gasteiger partial charge on any atom is -0.436 e. The van der Waals surface area contributed by atoms with E-state index in [0.717, 1.165) is 44.7 Å². The van der Waals surface area contributed by atoms with E-state index in [-0.39, 0.29) is 0 Å². The van der Waals surface area contributed by atoms with Gasteiger partial charge in [-0.2, -0.15) is 0 Å². The molecule has 48 heavy (non-hydrogen) atoms. The van der Waals surface area contributed by atoms with E-state index in [1.165, 1.54) is 40.5 Å². The molecule has 0 aliphatic carbocycles. The Morgan fingerprint density at radius 3 is 1.96 bits per heavy atom. The van der Waals surface area contributed by atoms with Crippen LogP contribution in [-0.2, 0) is 0 Å². The second kappa shape index (κ2) is 10.9. The first-order chi connectivity index (χ1) is 23.8. The van der Waals surface area contributed by atoms with Crippen LogP contribution in [0.5, 0.6) is 0 Å². The van der Waals surface area contributed by atoms with Gasteiger partial charge in [0.05, 0.1) is 16.1 Å². The van der Waals surface area contributed by atoms with Crippen LogP contribution in [0, 0.1) is 0 Å². The lowest BCUT2D eigenvalue weighted by Crippen LogP contribution is -2.11. The molecule has 0 atom stereocenters. The van der Waals surface area contributed by atoms with Crippen molar-refractivity contribution in [2.24, 2.45) is 0 Å². The molecule has 10 rings (SSSR count). The van der Waals surface area contributed by atoms with Crippen LogP contribution in [0.4, 0.5) is 17.1 Å². The Kier molecular flexibility index (Phi) is 6.22. The third-order valence-corrected chi connectivity index (χ3v) is 11.4. The molecular weight excluding hydrogens is 625 g/mol. The molecule has 0 aliphatic rings. The fourth-order valence-corrected chi connectivity index (χ4v) is 9.22. The Morgan fingerprint density at radius 1 is 0.500 bits per heavy atom. The van der Waals surface area contributed by atoms with Crippen molar-refractivity contribution >= 4 is 91.2 Å². The summed E-state index contributed by atoms with van der Waals surface area (Å²) in [5, 5.41) is 4.85. The molecule has 0 saturated heterocycles. The zero-order valence-electron chi connectivity index (χ0n) is 25.6. The van der Waals surface area contributed by atoms with Gasteiger partial charge in [0.2, 0.25) is 5.89 Å². The number of thiophene rings is 2. The second-order valence-electron chi connectivity index (χ2n) is 11.9. The van der Waals surface area contributed by atoms with Crippen molar-refractivity contribution in [2.45, 2.75) is 0 Å². The molecule has 0 aliphatic heterocycles. The summed E-state index contributed by atoms with van der Waals surface area (Å²) in [5.41, 5.74) is 8.20. The van der Waals surface area contributed by atoms with E-state index in [1.807, 2.05) is 40.9 Å². The van der Waals surface area contributed by atoms with Crippen molar-refractivity contribution < 1.29 is 4.42 Å². The van der Waals surface area contributed by atoms with E-state index in [4.69, 9.17) is 9.40 Å². The summed E-state index contributed by atoms with van der Waals surface area (Å²) in [7, 11) is 0. The van der Waals surface area contributed by atoms with Gasteiger partial charge in [-0.15, -0.1) is 22.7 Å². The van der Waals surface area contributed by atoms with Gasteiger partial charge in [-0.1, -0.05) is 103 Å². The van der Waals surface area contributed by atoms with Crippen LogP contribution in [-0.4, -0.2) is 4.98 Å². The van der Waals surface area contributed by atoms with Crippen molar-refractivity contribution in [3.05, 3.63) is 158 Å². The van der Waals surface area contributed by atoms with E-state index >= 15 is 0 Å². The van der Waals surface area contributed by atoms with E-state index in [1.54, 1.807) is 0 Å². The number of rotatable bonds is 5. The molecule has 0 unspecified atom stereocenters. The number of nitrogens with zero attached hydrogens (tertiary/aromatic N) is 2. The van der Waals surface area contributed by atoms with Crippen molar-refractivity contribution in [1.82, 2.24) is 4.98 Å². The van der Waals surface area contributed by atoms with Crippen LogP contribution >= 0.6 is 22.7 Å². The summed E-state index contributed by atoms with van der Waals surface area (Å²) in [5.74, 6) is 0.627.